The molecular formula is C20H20F3N3O. The number of nitrogens with zero attached hydrogens (tertiary/aromatic N) is 3. The van der Waals surface area contributed by atoms with Crippen LogP contribution in [0, 0.1) is 0 Å². The summed E-state index contributed by atoms with van der Waals surface area (Å²) in [4.78, 5) is 0. The lowest BCUT2D eigenvalue weighted by molar-refractivity contribution is -0.137. The minimum Gasteiger partial charge on any atom is -0.396 e. The third kappa shape index (κ3) is 4.95. The molecule has 1 heterocycles. The van der Waals surface area contributed by atoms with Crippen molar-refractivity contribution >= 4 is 0 Å². The lowest BCUT2D eigenvalue weighted by Gasteiger charge is -2.09. The highest BCUT2D eigenvalue weighted by Crippen LogP contribution is 2.31. The summed E-state index contributed by atoms with van der Waals surface area (Å²) >= 11 is 0. The van der Waals surface area contributed by atoms with Gasteiger partial charge >= 0.3 is 6.18 Å². The monoisotopic (exact) mass is 375 g/mol. The van der Waals surface area contributed by atoms with E-state index in [-0.39, 0.29) is 6.61 Å². The van der Waals surface area contributed by atoms with E-state index in [2.05, 4.69) is 10.2 Å². The lowest BCUT2D eigenvalue weighted by atomic mass is 10.0. The van der Waals surface area contributed by atoms with Crippen LogP contribution in [0.15, 0.2) is 54.9 Å². The Balaban J connectivity index is 1.68. The molecule has 27 heavy (non-hydrogen) atoms. The van der Waals surface area contributed by atoms with Gasteiger partial charge in [0.25, 0.3) is 0 Å². The number of aromatic nitrogens is 3. The van der Waals surface area contributed by atoms with Crippen LogP contribution in [-0.2, 0) is 19.1 Å². The van der Waals surface area contributed by atoms with Crippen LogP contribution in [0.5, 0.6) is 0 Å². The number of alkyl halides is 3. The van der Waals surface area contributed by atoms with Crippen LogP contribution >= 0.6 is 0 Å². The molecule has 1 aromatic heterocycles. The Morgan fingerprint density at radius 3 is 2.11 bits per heavy atom. The summed E-state index contributed by atoms with van der Waals surface area (Å²) in [6, 6.07) is 12.8. The third-order valence-corrected chi connectivity index (χ3v) is 4.36. The van der Waals surface area contributed by atoms with Gasteiger partial charge in [0.05, 0.1) is 12.1 Å². The van der Waals surface area contributed by atoms with Crippen LogP contribution < -0.4 is 0 Å². The molecule has 3 aromatic rings. The molecule has 0 fully saturated rings. The van der Waals surface area contributed by atoms with E-state index in [4.69, 9.17) is 5.11 Å². The van der Waals surface area contributed by atoms with E-state index >= 15 is 0 Å². The number of aryl methyl sites for hydroxylation is 1. The first-order valence-corrected chi connectivity index (χ1v) is 8.71. The zero-order chi connectivity index (χ0) is 19.3. The topological polar surface area (TPSA) is 50.9 Å². The number of hydrogen-bond acceptors (Lipinski definition) is 3. The van der Waals surface area contributed by atoms with Crippen LogP contribution in [0.25, 0.3) is 11.1 Å². The molecule has 0 amide bonds. The molecule has 0 saturated carbocycles. The van der Waals surface area contributed by atoms with Crippen molar-refractivity contribution in [1.82, 2.24) is 14.8 Å². The summed E-state index contributed by atoms with van der Waals surface area (Å²) in [5.74, 6) is 0.871. The molecule has 0 radical (unpaired) electrons. The Kier molecular flexibility index (Phi) is 5.91. The second-order valence-electron chi connectivity index (χ2n) is 6.33. The summed E-state index contributed by atoms with van der Waals surface area (Å²) in [5, 5.41) is 16.9. The fourth-order valence-corrected chi connectivity index (χ4v) is 2.85. The first kappa shape index (κ1) is 19.1. The molecule has 4 nitrogen and oxygen atoms in total. The van der Waals surface area contributed by atoms with E-state index in [0.717, 1.165) is 53.9 Å². The normalized spacial score (nSPS) is 11.7. The maximum atomic E-state index is 12.7. The van der Waals surface area contributed by atoms with E-state index < -0.39 is 11.7 Å². The average Bonchev–Trinajstić information content (AvgIpc) is 3.09. The predicted molar refractivity (Wildman–Crippen MR) is 96.0 cm³/mol. The van der Waals surface area contributed by atoms with Crippen molar-refractivity contribution in [2.24, 2.45) is 0 Å². The molecule has 0 aliphatic rings. The van der Waals surface area contributed by atoms with Crippen molar-refractivity contribution in [3.8, 4) is 11.1 Å². The highest BCUT2D eigenvalue weighted by Gasteiger charge is 2.29. The third-order valence-electron chi connectivity index (χ3n) is 4.36. The van der Waals surface area contributed by atoms with Gasteiger partial charge in [-0.25, -0.2) is 0 Å². The Bertz CT molecular complexity index is 855. The maximum absolute atomic E-state index is 12.7. The predicted octanol–water partition coefficient (Wildman–Crippen LogP) is 4.33. The van der Waals surface area contributed by atoms with E-state index in [1.165, 1.54) is 12.1 Å². The first-order valence-electron chi connectivity index (χ1n) is 8.71. The summed E-state index contributed by atoms with van der Waals surface area (Å²) in [5.41, 5.74) is 2.00. The van der Waals surface area contributed by atoms with Crippen molar-refractivity contribution in [2.45, 2.75) is 32.0 Å². The molecular weight excluding hydrogens is 355 g/mol. The number of unbranched alkanes of at least 4 members (excludes halogenated alkanes) is 1. The van der Waals surface area contributed by atoms with Crippen molar-refractivity contribution in [3.05, 3.63) is 71.8 Å². The molecule has 0 spiro atoms. The van der Waals surface area contributed by atoms with Crippen LogP contribution in [0.2, 0.25) is 0 Å². The van der Waals surface area contributed by atoms with E-state index in [1.54, 1.807) is 6.33 Å². The van der Waals surface area contributed by atoms with Gasteiger partial charge in [0.15, 0.2) is 0 Å². The SMILES string of the molecule is OCCCCc1nncn1Cc1ccc(-c2ccc(C(F)(F)F)cc2)cc1. The second kappa shape index (κ2) is 8.35. The lowest BCUT2D eigenvalue weighted by Crippen LogP contribution is -2.05. The fourth-order valence-electron chi connectivity index (χ4n) is 2.85. The van der Waals surface area contributed by atoms with Gasteiger partial charge < -0.3 is 9.67 Å². The molecule has 0 atom stereocenters. The van der Waals surface area contributed by atoms with Gasteiger partial charge in [-0.05, 0) is 41.7 Å². The smallest absolute Gasteiger partial charge is 0.396 e. The second-order valence-corrected chi connectivity index (χ2v) is 6.33. The molecule has 142 valence electrons. The van der Waals surface area contributed by atoms with E-state index in [0.29, 0.717) is 6.54 Å². The average molecular weight is 375 g/mol. The molecule has 0 aliphatic carbocycles. The largest absolute Gasteiger partial charge is 0.416 e. The zero-order valence-electron chi connectivity index (χ0n) is 14.7. The van der Waals surface area contributed by atoms with Crippen molar-refractivity contribution in [3.63, 3.8) is 0 Å². The van der Waals surface area contributed by atoms with Gasteiger partial charge in [-0.1, -0.05) is 36.4 Å². The molecule has 2 aromatic carbocycles. The molecule has 1 N–H and O–H groups in total. The number of hydrogen-bond donors (Lipinski definition) is 1. The maximum Gasteiger partial charge on any atom is 0.416 e. The number of rotatable bonds is 7. The van der Waals surface area contributed by atoms with E-state index in [1.807, 2.05) is 28.8 Å². The van der Waals surface area contributed by atoms with Gasteiger partial charge in [0.1, 0.15) is 12.2 Å². The summed E-state index contributed by atoms with van der Waals surface area (Å²) in [6.07, 6.45) is -0.310. The summed E-state index contributed by atoms with van der Waals surface area (Å²) < 4.78 is 39.9. The highest BCUT2D eigenvalue weighted by atomic mass is 19.4. The molecule has 7 heteroatoms. The van der Waals surface area contributed by atoms with Gasteiger partial charge in [-0.3, -0.25) is 0 Å². The highest BCUT2D eigenvalue weighted by molar-refractivity contribution is 5.64. The van der Waals surface area contributed by atoms with Gasteiger partial charge in [0, 0.05) is 13.0 Å². The zero-order valence-corrected chi connectivity index (χ0v) is 14.7. The first-order chi connectivity index (χ1) is 13.0. The number of halogens is 3. The number of benzene rings is 2. The van der Waals surface area contributed by atoms with Crippen LogP contribution in [0.4, 0.5) is 13.2 Å². The van der Waals surface area contributed by atoms with Crippen LogP contribution in [0.1, 0.15) is 29.8 Å². The molecule has 0 saturated heterocycles. The Morgan fingerprint density at radius 1 is 0.889 bits per heavy atom. The minimum atomic E-state index is -4.32. The van der Waals surface area contributed by atoms with E-state index in [9.17, 15) is 13.2 Å². The molecule has 0 aliphatic heterocycles. The van der Waals surface area contributed by atoms with Gasteiger partial charge in [-0.15, -0.1) is 10.2 Å². The van der Waals surface area contributed by atoms with Crippen LogP contribution in [0.3, 0.4) is 0 Å². The minimum absolute atomic E-state index is 0.166. The fraction of sp³-hybridized carbons (Fsp3) is 0.300. The number of aliphatic hydroxyl groups is 1. The van der Waals surface area contributed by atoms with Crippen LogP contribution in [-0.4, -0.2) is 26.5 Å². The van der Waals surface area contributed by atoms with Crippen molar-refractivity contribution in [2.75, 3.05) is 6.61 Å². The Morgan fingerprint density at radius 2 is 1.52 bits per heavy atom. The van der Waals surface area contributed by atoms with Gasteiger partial charge in [0.2, 0.25) is 0 Å². The Hall–Kier alpha value is -2.67. The molecule has 0 bridgehead atoms. The van der Waals surface area contributed by atoms with Crippen molar-refractivity contribution < 1.29 is 18.3 Å². The van der Waals surface area contributed by atoms with Gasteiger partial charge in [-0.2, -0.15) is 13.2 Å². The summed E-state index contributed by atoms with van der Waals surface area (Å²) in [7, 11) is 0. The summed E-state index contributed by atoms with van der Waals surface area (Å²) in [6.45, 7) is 0.786. The quantitative estimate of drug-likeness (QED) is 0.626. The molecule has 3 rings (SSSR count). The Labute approximate surface area is 155 Å². The molecule has 0 unspecified atom stereocenters. The standard InChI is InChI=1S/C20H20F3N3O/c21-20(22,23)18-10-8-17(9-11-18)16-6-4-15(5-7-16)13-26-14-24-25-19(26)3-1-2-12-27/h4-11,14,27H,1-3,12-13H2. The number of aliphatic hydroxyl groups excluding tert-OH is 1. The van der Waals surface area contributed by atoms with Crippen molar-refractivity contribution in [1.29, 1.82) is 0 Å².